The van der Waals surface area contributed by atoms with Gasteiger partial charge in [-0.15, -0.1) is 0 Å². The van der Waals surface area contributed by atoms with Crippen LogP contribution in [-0.4, -0.2) is 43.8 Å². The van der Waals surface area contributed by atoms with E-state index in [4.69, 9.17) is 23.2 Å². The molecule has 0 unspecified atom stereocenters. The predicted octanol–water partition coefficient (Wildman–Crippen LogP) is 6.64. The van der Waals surface area contributed by atoms with Crippen LogP contribution in [0.25, 0.3) is 0 Å². The standard InChI is InChI=1S/C31H37Cl2N3O4S/c1-6-22(4)34-31(38)23(5)35(19-27-28(32)13-10-14-29(27)33)30(37)20-36(25-17-15-24(16-18-25)21(2)3)41(39,40)26-11-8-7-9-12-26/h7-18,21-23H,6,19-20H2,1-5H3,(H,34,38)/t22-,23-/m1/s1. The summed E-state index contributed by atoms with van der Waals surface area (Å²) in [7, 11) is -4.14. The van der Waals surface area contributed by atoms with Crippen LogP contribution in [0.2, 0.25) is 10.0 Å². The van der Waals surface area contributed by atoms with Crippen molar-refractivity contribution < 1.29 is 18.0 Å². The molecule has 0 spiro atoms. The van der Waals surface area contributed by atoms with E-state index in [1.807, 2.05) is 39.8 Å². The lowest BCUT2D eigenvalue weighted by Gasteiger charge is -2.33. The van der Waals surface area contributed by atoms with Crippen molar-refractivity contribution in [1.29, 1.82) is 0 Å². The van der Waals surface area contributed by atoms with E-state index in [1.54, 1.807) is 55.5 Å². The summed E-state index contributed by atoms with van der Waals surface area (Å²) in [6, 6.07) is 19.0. The number of nitrogens with one attached hydrogen (secondary N) is 1. The number of carbonyl (C=O) groups excluding carboxylic acids is 2. The van der Waals surface area contributed by atoms with Crippen molar-refractivity contribution >= 4 is 50.7 Å². The number of anilines is 1. The minimum absolute atomic E-state index is 0.0454. The molecule has 3 aromatic rings. The number of hydrogen-bond donors (Lipinski definition) is 1. The quantitative estimate of drug-likeness (QED) is 0.247. The Bertz CT molecular complexity index is 1430. The number of nitrogens with zero attached hydrogens (tertiary/aromatic N) is 2. The Morgan fingerprint density at radius 1 is 0.854 bits per heavy atom. The molecule has 2 atom stereocenters. The van der Waals surface area contributed by atoms with Gasteiger partial charge in [0.05, 0.1) is 10.6 Å². The summed E-state index contributed by atoms with van der Waals surface area (Å²) in [4.78, 5) is 28.6. The van der Waals surface area contributed by atoms with Gasteiger partial charge in [0.2, 0.25) is 11.8 Å². The second-order valence-electron chi connectivity index (χ2n) is 10.3. The van der Waals surface area contributed by atoms with E-state index in [0.29, 0.717) is 27.7 Å². The summed E-state index contributed by atoms with van der Waals surface area (Å²) in [6.07, 6.45) is 0.707. The fraction of sp³-hybridized carbons (Fsp3) is 0.355. The van der Waals surface area contributed by atoms with E-state index in [0.717, 1.165) is 9.87 Å². The molecule has 3 aromatic carbocycles. The van der Waals surface area contributed by atoms with Gasteiger partial charge in [0.15, 0.2) is 0 Å². The van der Waals surface area contributed by atoms with Crippen molar-refractivity contribution in [2.75, 3.05) is 10.8 Å². The summed E-state index contributed by atoms with van der Waals surface area (Å²) in [6.45, 7) is 8.88. The molecule has 0 radical (unpaired) electrons. The molecule has 220 valence electrons. The fourth-order valence-corrected chi connectivity index (χ4v) is 6.13. The number of carbonyl (C=O) groups is 2. The van der Waals surface area contributed by atoms with Gasteiger partial charge in [-0.1, -0.05) is 80.4 Å². The van der Waals surface area contributed by atoms with Gasteiger partial charge in [-0.3, -0.25) is 13.9 Å². The second-order valence-corrected chi connectivity index (χ2v) is 13.0. The Hall–Kier alpha value is -3.07. The van der Waals surface area contributed by atoms with Crippen LogP contribution in [0.4, 0.5) is 5.69 Å². The minimum atomic E-state index is -4.14. The van der Waals surface area contributed by atoms with Gasteiger partial charge < -0.3 is 10.2 Å². The summed E-state index contributed by atoms with van der Waals surface area (Å²) in [5.41, 5.74) is 1.83. The Morgan fingerprint density at radius 2 is 1.44 bits per heavy atom. The zero-order valence-corrected chi connectivity index (χ0v) is 26.3. The molecule has 1 N–H and O–H groups in total. The molecule has 0 aliphatic rings. The highest BCUT2D eigenvalue weighted by molar-refractivity contribution is 7.92. The third kappa shape index (κ3) is 8.03. The topological polar surface area (TPSA) is 86.8 Å². The lowest BCUT2D eigenvalue weighted by Crippen LogP contribution is -2.52. The molecule has 0 aromatic heterocycles. The van der Waals surface area contributed by atoms with E-state index in [1.165, 1.54) is 17.0 Å². The van der Waals surface area contributed by atoms with Gasteiger partial charge in [0, 0.05) is 28.2 Å². The smallest absolute Gasteiger partial charge is 0.264 e. The van der Waals surface area contributed by atoms with Crippen LogP contribution in [0.3, 0.4) is 0 Å². The van der Waals surface area contributed by atoms with E-state index in [9.17, 15) is 18.0 Å². The van der Waals surface area contributed by atoms with Crippen LogP contribution in [0.5, 0.6) is 0 Å². The molecule has 2 amide bonds. The summed E-state index contributed by atoms with van der Waals surface area (Å²) in [5.74, 6) is -0.708. The average molecular weight is 619 g/mol. The van der Waals surface area contributed by atoms with E-state index in [-0.39, 0.29) is 29.3 Å². The highest BCUT2D eigenvalue weighted by Gasteiger charge is 2.33. The van der Waals surface area contributed by atoms with Gasteiger partial charge in [0.1, 0.15) is 12.6 Å². The Morgan fingerprint density at radius 3 is 1.98 bits per heavy atom. The summed E-state index contributed by atoms with van der Waals surface area (Å²) < 4.78 is 28.9. The van der Waals surface area contributed by atoms with Crippen molar-refractivity contribution in [1.82, 2.24) is 10.2 Å². The number of hydrogen-bond acceptors (Lipinski definition) is 4. The van der Waals surface area contributed by atoms with Gasteiger partial charge in [-0.2, -0.15) is 0 Å². The van der Waals surface area contributed by atoms with Crippen LogP contribution in [0.1, 0.15) is 58.1 Å². The lowest BCUT2D eigenvalue weighted by atomic mass is 10.0. The first-order chi connectivity index (χ1) is 19.4. The predicted molar refractivity (Wildman–Crippen MR) is 166 cm³/mol. The van der Waals surface area contributed by atoms with E-state index >= 15 is 0 Å². The third-order valence-electron chi connectivity index (χ3n) is 7.02. The first kappa shape index (κ1) is 32.4. The summed E-state index contributed by atoms with van der Waals surface area (Å²) in [5, 5.41) is 3.58. The normalized spacial score (nSPS) is 13.0. The number of sulfonamides is 1. The van der Waals surface area contributed by atoms with Gasteiger partial charge in [0.25, 0.3) is 10.0 Å². The molecule has 0 aliphatic heterocycles. The van der Waals surface area contributed by atoms with Crippen molar-refractivity contribution in [2.24, 2.45) is 0 Å². The molecular formula is C31H37Cl2N3O4S. The fourth-order valence-electron chi connectivity index (χ4n) is 4.18. The first-order valence-electron chi connectivity index (χ1n) is 13.6. The van der Waals surface area contributed by atoms with Crippen LogP contribution in [0, 0.1) is 0 Å². The van der Waals surface area contributed by atoms with Crippen molar-refractivity contribution in [2.45, 2.75) is 70.5 Å². The molecule has 41 heavy (non-hydrogen) atoms. The maximum atomic E-state index is 14.1. The number of amides is 2. The zero-order chi connectivity index (χ0) is 30.3. The van der Waals surface area contributed by atoms with E-state index in [2.05, 4.69) is 5.32 Å². The van der Waals surface area contributed by atoms with Crippen molar-refractivity contribution in [3.05, 3.63) is 94.0 Å². The molecular weight excluding hydrogens is 581 g/mol. The van der Waals surface area contributed by atoms with Crippen LogP contribution in [-0.2, 0) is 26.2 Å². The molecule has 10 heteroatoms. The third-order valence-corrected chi connectivity index (χ3v) is 9.51. The zero-order valence-electron chi connectivity index (χ0n) is 24.0. The van der Waals surface area contributed by atoms with Gasteiger partial charge >= 0.3 is 0 Å². The molecule has 0 saturated carbocycles. The Labute approximate surface area is 253 Å². The van der Waals surface area contributed by atoms with E-state index < -0.39 is 28.5 Å². The average Bonchev–Trinajstić information content (AvgIpc) is 2.95. The molecule has 0 heterocycles. The number of halogens is 2. The molecule has 0 bridgehead atoms. The maximum Gasteiger partial charge on any atom is 0.264 e. The lowest BCUT2D eigenvalue weighted by molar-refractivity contribution is -0.139. The monoisotopic (exact) mass is 617 g/mol. The SMILES string of the molecule is CC[C@@H](C)NC(=O)[C@@H](C)N(Cc1c(Cl)cccc1Cl)C(=O)CN(c1ccc(C(C)C)cc1)S(=O)(=O)c1ccccc1. The first-order valence-corrected chi connectivity index (χ1v) is 15.8. The number of rotatable bonds is 12. The molecule has 0 saturated heterocycles. The van der Waals surface area contributed by atoms with Gasteiger partial charge in [-0.05, 0) is 68.1 Å². The van der Waals surface area contributed by atoms with Crippen molar-refractivity contribution in [3.63, 3.8) is 0 Å². The highest BCUT2D eigenvalue weighted by Crippen LogP contribution is 2.29. The van der Waals surface area contributed by atoms with Crippen LogP contribution in [0.15, 0.2) is 77.7 Å². The van der Waals surface area contributed by atoms with Crippen LogP contribution < -0.4 is 9.62 Å². The number of benzene rings is 3. The van der Waals surface area contributed by atoms with Crippen molar-refractivity contribution in [3.8, 4) is 0 Å². The van der Waals surface area contributed by atoms with Crippen LogP contribution >= 0.6 is 23.2 Å². The second kappa shape index (κ2) is 14.2. The molecule has 0 aliphatic carbocycles. The minimum Gasteiger partial charge on any atom is -0.352 e. The molecule has 0 fully saturated rings. The molecule has 3 rings (SSSR count). The van der Waals surface area contributed by atoms with Gasteiger partial charge in [-0.25, -0.2) is 8.42 Å². The maximum absolute atomic E-state index is 14.1. The largest absolute Gasteiger partial charge is 0.352 e. The Balaban J connectivity index is 2.07. The highest BCUT2D eigenvalue weighted by atomic mass is 35.5. The summed E-state index contributed by atoms with van der Waals surface area (Å²) >= 11 is 12.9. The Kier molecular flexibility index (Phi) is 11.2. The molecule has 7 nitrogen and oxygen atoms in total.